The van der Waals surface area contributed by atoms with Crippen LogP contribution in [0.15, 0.2) is 18.5 Å². The third-order valence-electron chi connectivity index (χ3n) is 4.10. The normalized spacial score (nSPS) is 24.3. The van der Waals surface area contributed by atoms with Crippen molar-refractivity contribution in [2.24, 2.45) is 0 Å². The van der Waals surface area contributed by atoms with Gasteiger partial charge in [-0.25, -0.2) is 9.97 Å². The van der Waals surface area contributed by atoms with Crippen LogP contribution < -0.4 is 5.32 Å². The summed E-state index contributed by atoms with van der Waals surface area (Å²) in [5.41, 5.74) is 0. The molecule has 2 aliphatic heterocycles. The van der Waals surface area contributed by atoms with Gasteiger partial charge in [0.05, 0.1) is 12.7 Å². The van der Waals surface area contributed by atoms with E-state index in [0.717, 1.165) is 64.7 Å². The highest BCUT2D eigenvalue weighted by molar-refractivity contribution is 5.24. The van der Waals surface area contributed by atoms with Gasteiger partial charge in [-0.05, 0) is 25.3 Å². The largest absolute Gasteiger partial charge is 0.381 e. The van der Waals surface area contributed by atoms with Crippen LogP contribution in [0, 0.1) is 0 Å². The van der Waals surface area contributed by atoms with Gasteiger partial charge in [-0.2, -0.15) is 0 Å². The third kappa shape index (κ3) is 4.62. The van der Waals surface area contributed by atoms with Gasteiger partial charge in [0, 0.05) is 51.3 Å². The maximum absolute atomic E-state index is 5.93. The lowest BCUT2D eigenvalue weighted by Gasteiger charge is -2.24. The lowest BCUT2D eigenvalue weighted by molar-refractivity contribution is -0.0358. The Morgan fingerprint density at radius 2 is 2.05 bits per heavy atom. The van der Waals surface area contributed by atoms with Gasteiger partial charge >= 0.3 is 0 Å². The molecule has 6 nitrogen and oxygen atoms in total. The average molecular weight is 292 g/mol. The molecule has 0 aliphatic carbocycles. The number of anilines is 1. The Kier molecular flexibility index (Phi) is 5.37. The summed E-state index contributed by atoms with van der Waals surface area (Å²) < 4.78 is 11.3. The van der Waals surface area contributed by atoms with E-state index in [2.05, 4.69) is 20.2 Å². The highest BCUT2D eigenvalue weighted by Gasteiger charge is 2.23. The number of hydrogen-bond donors (Lipinski definition) is 1. The van der Waals surface area contributed by atoms with Crippen LogP contribution in [0.25, 0.3) is 0 Å². The molecule has 0 bridgehead atoms. The SMILES string of the molecule is c1cnc(N[C@H]2CCN(CCOC3CCOCC3)C2)nc1. The predicted octanol–water partition coefficient (Wildman–Crippen LogP) is 1.16. The zero-order valence-corrected chi connectivity index (χ0v) is 12.4. The summed E-state index contributed by atoms with van der Waals surface area (Å²) in [7, 11) is 0. The van der Waals surface area contributed by atoms with E-state index < -0.39 is 0 Å². The van der Waals surface area contributed by atoms with Crippen molar-refractivity contribution < 1.29 is 9.47 Å². The second-order valence-corrected chi connectivity index (χ2v) is 5.69. The molecule has 116 valence electrons. The van der Waals surface area contributed by atoms with Crippen LogP contribution in [-0.2, 0) is 9.47 Å². The minimum atomic E-state index is 0.396. The molecule has 0 unspecified atom stereocenters. The molecule has 6 heteroatoms. The fourth-order valence-electron chi connectivity index (χ4n) is 2.90. The van der Waals surface area contributed by atoms with Crippen molar-refractivity contribution in [3.05, 3.63) is 18.5 Å². The summed E-state index contributed by atoms with van der Waals surface area (Å²) in [5, 5.41) is 3.39. The van der Waals surface area contributed by atoms with E-state index >= 15 is 0 Å². The topological polar surface area (TPSA) is 59.5 Å². The highest BCUT2D eigenvalue weighted by atomic mass is 16.5. The minimum absolute atomic E-state index is 0.396. The molecule has 0 aromatic carbocycles. The lowest BCUT2D eigenvalue weighted by atomic mass is 10.2. The smallest absolute Gasteiger partial charge is 0.222 e. The first-order chi connectivity index (χ1) is 10.4. The van der Waals surface area contributed by atoms with Crippen molar-refractivity contribution in [3.8, 4) is 0 Å². The van der Waals surface area contributed by atoms with E-state index in [1.165, 1.54) is 0 Å². The predicted molar refractivity (Wildman–Crippen MR) is 80.3 cm³/mol. The molecule has 3 rings (SSSR count). The molecule has 1 aromatic rings. The van der Waals surface area contributed by atoms with E-state index in [1.54, 1.807) is 12.4 Å². The Morgan fingerprint density at radius 3 is 2.86 bits per heavy atom. The second kappa shape index (κ2) is 7.68. The first-order valence-corrected chi connectivity index (χ1v) is 7.85. The Morgan fingerprint density at radius 1 is 1.24 bits per heavy atom. The molecule has 1 atom stereocenters. The zero-order chi connectivity index (χ0) is 14.3. The van der Waals surface area contributed by atoms with Crippen molar-refractivity contribution in [2.75, 3.05) is 44.8 Å². The summed E-state index contributed by atoms with van der Waals surface area (Å²) in [6.07, 6.45) is 7.14. The molecule has 0 saturated carbocycles. The number of rotatable bonds is 6. The van der Waals surface area contributed by atoms with Crippen LogP contribution in [0.5, 0.6) is 0 Å². The van der Waals surface area contributed by atoms with Crippen molar-refractivity contribution in [1.82, 2.24) is 14.9 Å². The third-order valence-corrected chi connectivity index (χ3v) is 4.10. The van der Waals surface area contributed by atoms with Crippen LogP contribution in [0.4, 0.5) is 5.95 Å². The van der Waals surface area contributed by atoms with Gasteiger partial charge in [0.15, 0.2) is 0 Å². The van der Waals surface area contributed by atoms with Gasteiger partial charge in [0.25, 0.3) is 0 Å². The standard InChI is InChI=1S/C15H24N4O2/c1-5-16-15(17-6-1)18-13-2-7-19(12-13)8-11-21-14-3-9-20-10-4-14/h1,5-6,13-14H,2-4,7-12H2,(H,16,17,18)/t13-/m0/s1. The summed E-state index contributed by atoms with van der Waals surface area (Å²) in [4.78, 5) is 10.9. The number of likely N-dealkylation sites (tertiary alicyclic amines) is 1. The van der Waals surface area contributed by atoms with Gasteiger partial charge in [-0.15, -0.1) is 0 Å². The monoisotopic (exact) mass is 292 g/mol. The first-order valence-electron chi connectivity index (χ1n) is 7.85. The molecular formula is C15H24N4O2. The maximum atomic E-state index is 5.93. The maximum Gasteiger partial charge on any atom is 0.222 e. The second-order valence-electron chi connectivity index (χ2n) is 5.69. The summed E-state index contributed by atoms with van der Waals surface area (Å²) >= 11 is 0. The molecule has 3 heterocycles. The molecule has 0 spiro atoms. The number of hydrogen-bond acceptors (Lipinski definition) is 6. The van der Waals surface area contributed by atoms with E-state index in [4.69, 9.17) is 9.47 Å². The zero-order valence-electron chi connectivity index (χ0n) is 12.4. The first kappa shape index (κ1) is 14.7. The summed E-state index contributed by atoms with van der Waals surface area (Å²) in [6.45, 7) is 5.66. The lowest BCUT2D eigenvalue weighted by Crippen LogP contribution is -2.31. The van der Waals surface area contributed by atoms with Crippen LogP contribution in [0.2, 0.25) is 0 Å². The van der Waals surface area contributed by atoms with Crippen molar-refractivity contribution in [2.45, 2.75) is 31.4 Å². The molecule has 21 heavy (non-hydrogen) atoms. The highest BCUT2D eigenvalue weighted by Crippen LogP contribution is 2.14. The summed E-state index contributed by atoms with van der Waals surface area (Å²) in [6, 6.07) is 2.27. The number of nitrogens with one attached hydrogen (secondary N) is 1. The van der Waals surface area contributed by atoms with Gasteiger partial charge in [0.1, 0.15) is 0 Å². The fraction of sp³-hybridized carbons (Fsp3) is 0.733. The molecule has 1 N–H and O–H groups in total. The molecule has 2 saturated heterocycles. The van der Waals surface area contributed by atoms with Gasteiger partial charge in [-0.1, -0.05) is 0 Å². The number of ether oxygens (including phenoxy) is 2. The van der Waals surface area contributed by atoms with Gasteiger partial charge < -0.3 is 14.8 Å². The van der Waals surface area contributed by atoms with Crippen molar-refractivity contribution in [3.63, 3.8) is 0 Å². The quantitative estimate of drug-likeness (QED) is 0.849. The van der Waals surface area contributed by atoms with Gasteiger partial charge in [0.2, 0.25) is 5.95 Å². The molecule has 0 radical (unpaired) electrons. The average Bonchev–Trinajstić information content (AvgIpc) is 2.97. The molecule has 0 amide bonds. The minimum Gasteiger partial charge on any atom is -0.381 e. The Hall–Kier alpha value is -1.24. The Bertz CT molecular complexity index is 411. The summed E-state index contributed by atoms with van der Waals surface area (Å²) in [5.74, 6) is 0.725. The molecule has 2 aliphatic rings. The van der Waals surface area contributed by atoms with Crippen LogP contribution >= 0.6 is 0 Å². The van der Waals surface area contributed by atoms with E-state index in [0.29, 0.717) is 12.1 Å². The van der Waals surface area contributed by atoms with Crippen LogP contribution in [-0.4, -0.2) is 66.5 Å². The van der Waals surface area contributed by atoms with E-state index in [9.17, 15) is 0 Å². The van der Waals surface area contributed by atoms with Gasteiger partial charge in [-0.3, -0.25) is 4.90 Å². The van der Waals surface area contributed by atoms with E-state index in [1.807, 2.05) is 6.07 Å². The number of nitrogens with zero attached hydrogens (tertiary/aromatic N) is 3. The molecular weight excluding hydrogens is 268 g/mol. The Labute approximate surface area is 125 Å². The Balaban J connectivity index is 1.33. The molecule has 2 fully saturated rings. The van der Waals surface area contributed by atoms with Crippen molar-refractivity contribution in [1.29, 1.82) is 0 Å². The van der Waals surface area contributed by atoms with E-state index in [-0.39, 0.29) is 0 Å². The number of aromatic nitrogens is 2. The van der Waals surface area contributed by atoms with Crippen LogP contribution in [0.1, 0.15) is 19.3 Å². The van der Waals surface area contributed by atoms with Crippen LogP contribution in [0.3, 0.4) is 0 Å². The van der Waals surface area contributed by atoms with Crippen molar-refractivity contribution >= 4 is 5.95 Å². The molecule has 1 aromatic heterocycles. The fourth-order valence-corrected chi connectivity index (χ4v) is 2.90.